The normalized spacial score (nSPS) is 10.9. The average Bonchev–Trinajstić information content (AvgIpc) is 2.77. The van der Waals surface area contributed by atoms with Crippen LogP contribution in [0.2, 0.25) is 0 Å². The Morgan fingerprint density at radius 1 is 1.32 bits per heavy atom. The lowest BCUT2D eigenvalue weighted by molar-refractivity contribution is 0.273. The maximum absolute atomic E-state index is 5.71. The first kappa shape index (κ1) is 13.9. The lowest BCUT2D eigenvalue weighted by Gasteiger charge is -2.09. The summed E-state index contributed by atoms with van der Waals surface area (Å²) in [6.45, 7) is 3.71. The Bertz CT molecular complexity index is 513. The minimum atomic E-state index is 0.683. The molecule has 102 valence electrons. The van der Waals surface area contributed by atoms with E-state index in [-0.39, 0.29) is 0 Å². The molecule has 0 aromatic carbocycles. The number of nitrogens with zero attached hydrogens (tertiary/aromatic N) is 4. The van der Waals surface area contributed by atoms with Crippen molar-refractivity contribution >= 4 is 11.3 Å². The number of thiazole rings is 1. The van der Waals surface area contributed by atoms with E-state index in [9.17, 15) is 0 Å². The summed E-state index contributed by atoms with van der Waals surface area (Å²) in [6.07, 6.45) is 6.03. The molecule has 0 atom stereocenters. The highest BCUT2D eigenvalue weighted by molar-refractivity contribution is 7.15. The van der Waals surface area contributed by atoms with Crippen LogP contribution in [0.25, 0.3) is 10.7 Å². The fraction of sp³-hybridized carbons (Fsp3) is 0.462. The Labute approximate surface area is 117 Å². The van der Waals surface area contributed by atoms with E-state index in [2.05, 4.69) is 33.9 Å². The summed E-state index contributed by atoms with van der Waals surface area (Å²) < 4.78 is 5.71. The van der Waals surface area contributed by atoms with Gasteiger partial charge in [0.05, 0.1) is 17.7 Å². The van der Waals surface area contributed by atoms with E-state index in [1.54, 1.807) is 29.9 Å². The summed E-state index contributed by atoms with van der Waals surface area (Å²) in [5.74, 6) is 0.712. The first-order valence-corrected chi connectivity index (χ1v) is 7.00. The first-order valence-electron chi connectivity index (χ1n) is 6.18. The van der Waals surface area contributed by atoms with Crippen molar-refractivity contribution in [2.75, 3.05) is 27.2 Å². The van der Waals surface area contributed by atoms with E-state index in [0.717, 1.165) is 28.5 Å². The molecule has 2 aromatic rings. The van der Waals surface area contributed by atoms with Crippen molar-refractivity contribution in [2.45, 2.75) is 13.3 Å². The standard InChI is InChI=1S/C13H18N4OS/c1-10-12(18-8-4-7-17(2)3)16-13(19-10)11-9-14-5-6-15-11/h5-6,9H,4,7-8H2,1-3H3. The van der Waals surface area contributed by atoms with Gasteiger partial charge in [-0.05, 0) is 27.4 Å². The SMILES string of the molecule is Cc1sc(-c2cnccn2)nc1OCCCN(C)C. The molecule has 6 heteroatoms. The van der Waals surface area contributed by atoms with Crippen molar-refractivity contribution in [3.63, 3.8) is 0 Å². The molecular weight excluding hydrogens is 260 g/mol. The second-order valence-corrected chi connectivity index (χ2v) is 5.68. The maximum atomic E-state index is 5.71. The Hall–Kier alpha value is -1.53. The summed E-state index contributed by atoms with van der Waals surface area (Å²) in [5.41, 5.74) is 0.791. The molecule has 0 aliphatic rings. The molecule has 0 bridgehead atoms. The number of ether oxygens (including phenoxy) is 1. The van der Waals surface area contributed by atoms with E-state index in [1.807, 2.05) is 6.92 Å². The maximum Gasteiger partial charge on any atom is 0.228 e. The second kappa shape index (κ2) is 6.58. The highest BCUT2D eigenvalue weighted by Crippen LogP contribution is 2.30. The molecule has 0 N–H and O–H groups in total. The topological polar surface area (TPSA) is 51.1 Å². The summed E-state index contributed by atoms with van der Waals surface area (Å²) in [7, 11) is 4.11. The first-order chi connectivity index (χ1) is 9.16. The van der Waals surface area contributed by atoms with Crippen LogP contribution < -0.4 is 4.74 Å². The summed E-state index contributed by atoms with van der Waals surface area (Å²) in [4.78, 5) is 16.0. The van der Waals surface area contributed by atoms with Crippen LogP contribution in [0, 0.1) is 6.92 Å². The zero-order chi connectivity index (χ0) is 13.7. The predicted molar refractivity (Wildman–Crippen MR) is 76.5 cm³/mol. The van der Waals surface area contributed by atoms with Crippen molar-refractivity contribution in [2.24, 2.45) is 0 Å². The van der Waals surface area contributed by atoms with Gasteiger partial charge in [0.25, 0.3) is 0 Å². The quantitative estimate of drug-likeness (QED) is 0.758. The van der Waals surface area contributed by atoms with Crippen molar-refractivity contribution in [1.82, 2.24) is 19.9 Å². The predicted octanol–water partition coefficient (Wildman–Crippen LogP) is 2.24. The number of aromatic nitrogens is 3. The van der Waals surface area contributed by atoms with Crippen LogP contribution in [-0.2, 0) is 0 Å². The monoisotopic (exact) mass is 278 g/mol. The van der Waals surface area contributed by atoms with Gasteiger partial charge >= 0.3 is 0 Å². The van der Waals surface area contributed by atoms with E-state index in [1.165, 1.54) is 0 Å². The van der Waals surface area contributed by atoms with E-state index in [0.29, 0.717) is 12.5 Å². The Kier molecular flexibility index (Phi) is 4.81. The molecule has 19 heavy (non-hydrogen) atoms. The molecule has 0 radical (unpaired) electrons. The lowest BCUT2D eigenvalue weighted by Crippen LogP contribution is -2.15. The van der Waals surface area contributed by atoms with Gasteiger partial charge in [-0.2, -0.15) is 4.98 Å². The van der Waals surface area contributed by atoms with Crippen molar-refractivity contribution in [3.05, 3.63) is 23.5 Å². The van der Waals surface area contributed by atoms with Crippen LogP contribution in [0.3, 0.4) is 0 Å². The summed E-state index contributed by atoms with van der Waals surface area (Å²) in [6, 6.07) is 0. The third kappa shape index (κ3) is 3.97. The smallest absolute Gasteiger partial charge is 0.228 e. The minimum Gasteiger partial charge on any atom is -0.477 e. The molecule has 2 aromatic heterocycles. The highest BCUT2D eigenvalue weighted by Gasteiger charge is 2.11. The van der Waals surface area contributed by atoms with Crippen LogP contribution >= 0.6 is 11.3 Å². The van der Waals surface area contributed by atoms with Gasteiger partial charge in [0.2, 0.25) is 5.88 Å². The Morgan fingerprint density at radius 3 is 2.84 bits per heavy atom. The third-order valence-electron chi connectivity index (χ3n) is 2.52. The number of hydrogen-bond acceptors (Lipinski definition) is 6. The van der Waals surface area contributed by atoms with E-state index >= 15 is 0 Å². The highest BCUT2D eigenvalue weighted by atomic mass is 32.1. The zero-order valence-electron chi connectivity index (χ0n) is 11.5. The molecule has 0 saturated carbocycles. The molecule has 0 amide bonds. The number of aryl methyl sites for hydroxylation is 1. The van der Waals surface area contributed by atoms with E-state index in [4.69, 9.17) is 4.74 Å². The molecule has 0 fully saturated rings. The van der Waals surface area contributed by atoms with E-state index < -0.39 is 0 Å². The van der Waals surface area contributed by atoms with Gasteiger partial charge in [0, 0.05) is 18.9 Å². The van der Waals surface area contributed by atoms with Gasteiger partial charge in [-0.1, -0.05) is 0 Å². The van der Waals surface area contributed by atoms with Gasteiger partial charge in [-0.25, -0.2) is 0 Å². The molecule has 5 nitrogen and oxygen atoms in total. The number of rotatable bonds is 6. The van der Waals surface area contributed by atoms with Crippen molar-refractivity contribution in [1.29, 1.82) is 0 Å². The molecule has 0 spiro atoms. The fourth-order valence-corrected chi connectivity index (χ4v) is 2.41. The second-order valence-electron chi connectivity index (χ2n) is 4.48. The van der Waals surface area contributed by atoms with Crippen molar-refractivity contribution < 1.29 is 4.74 Å². The molecular formula is C13H18N4OS. The Balaban J connectivity index is 1.97. The molecule has 2 rings (SSSR count). The lowest BCUT2D eigenvalue weighted by atomic mass is 10.4. The van der Waals surface area contributed by atoms with Gasteiger partial charge in [0.1, 0.15) is 10.7 Å². The summed E-state index contributed by atoms with van der Waals surface area (Å²) >= 11 is 1.58. The third-order valence-corrected chi connectivity index (χ3v) is 3.50. The molecule has 2 heterocycles. The molecule has 0 aliphatic heterocycles. The van der Waals surface area contributed by atoms with Crippen LogP contribution in [0.1, 0.15) is 11.3 Å². The Morgan fingerprint density at radius 2 is 2.16 bits per heavy atom. The van der Waals surface area contributed by atoms with Crippen LogP contribution in [0.4, 0.5) is 0 Å². The van der Waals surface area contributed by atoms with Crippen LogP contribution in [-0.4, -0.2) is 47.1 Å². The fourth-order valence-electron chi connectivity index (χ4n) is 1.59. The average molecular weight is 278 g/mol. The number of hydrogen-bond donors (Lipinski definition) is 0. The molecule has 0 aliphatic carbocycles. The van der Waals surface area contributed by atoms with Gasteiger partial charge in [-0.15, -0.1) is 11.3 Å². The molecule has 0 unspecified atom stereocenters. The van der Waals surface area contributed by atoms with Gasteiger partial charge in [-0.3, -0.25) is 9.97 Å². The molecule has 0 saturated heterocycles. The summed E-state index contributed by atoms with van der Waals surface area (Å²) in [5, 5.41) is 0.855. The minimum absolute atomic E-state index is 0.683. The van der Waals surface area contributed by atoms with Gasteiger partial charge < -0.3 is 9.64 Å². The van der Waals surface area contributed by atoms with Crippen LogP contribution in [0.5, 0.6) is 5.88 Å². The largest absolute Gasteiger partial charge is 0.477 e. The van der Waals surface area contributed by atoms with Crippen LogP contribution in [0.15, 0.2) is 18.6 Å². The zero-order valence-corrected chi connectivity index (χ0v) is 12.3. The van der Waals surface area contributed by atoms with Crippen molar-refractivity contribution in [3.8, 4) is 16.6 Å². The van der Waals surface area contributed by atoms with Gasteiger partial charge in [0.15, 0.2) is 0 Å².